The minimum absolute atomic E-state index is 0.0737. The topological polar surface area (TPSA) is 95.6 Å². The van der Waals surface area contributed by atoms with E-state index in [-0.39, 0.29) is 6.42 Å². The molecule has 112 valence electrons. The fraction of sp³-hybridized carbons (Fsp3) is 0.417. The van der Waals surface area contributed by atoms with Crippen LogP contribution in [0.15, 0.2) is 6.07 Å². The maximum absolute atomic E-state index is 10.4. The highest BCUT2D eigenvalue weighted by molar-refractivity contribution is 14.1. The number of carboxylic acids is 1. The molecule has 0 amide bonds. The lowest BCUT2D eigenvalue weighted by Gasteiger charge is -2.16. The maximum atomic E-state index is 10.4. The number of hydrogen-bond acceptors (Lipinski definition) is 4. The summed E-state index contributed by atoms with van der Waals surface area (Å²) in [6.07, 6.45) is 0.234. The first-order chi connectivity index (χ1) is 9.32. The second-order valence-electron chi connectivity index (χ2n) is 4.23. The molecule has 20 heavy (non-hydrogen) atoms. The first-order valence-electron chi connectivity index (χ1n) is 5.88. The molecule has 1 rings (SSSR count). The number of aliphatic carboxylic acids is 1. The van der Waals surface area contributed by atoms with Crippen molar-refractivity contribution in [2.75, 3.05) is 5.73 Å². The Bertz CT molecular complexity index is 497. The van der Waals surface area contributed by atoms with E-state index in [1.807, 2.05) is 6.07 Å². The number of hydrogen-bond donors (Lipinski definition) is 4. The zero-order chi connectivity index (χ0) is 15.3. The molecule has 1 aromatic carbocycles. The normalized spacial score (nSPS) is 12.4. The Labute approximate surface area is 158 Å². The summed E-state index contributed by atoms with van der Waals surface area (Å²) in [5.41, 5.74) is 7.81. The average molecular weight is 616 g/mol. The van der Waals surface area contributed by atoms with E-state index in [0.717, 1.165) is 22.0 Å². The molecule has 1 aromatic rings. The molecule has 0 radical (unpaired) electrons. The fourth-order valence-corrected chi connectivity index (χ4v) is 5.33. The number of anilines is 1. The van der Waals surface area contributed by atoms with E-state index in [4.69, 9.17) is 10.8 Å². The van der Waals surface area contributed by atoms with Gasteiger partial charge >= 0.3 is 5.97 Å². The highest BCUT2D eigenvalue weighted by atomic mass is 127. The molecule has 1 unspecified atom stereocenters. The number of benzene rings is 1. The summed E-state index contributed by atoms with van der Waals surface area (Å²) < 4.78 is 3.10. The molecule has 0 saturated heterocycles. The number of rotatable bonds is 7. The molecule has 0 spiro atoms. The van der Waals surface area contributed by atoms with Crippen LogP contribution in [0.1, 0.15) is 24.8 Å². The highest BCUT2D eigenvalue weighted by Gasteiger charge is 2.13. The zero-order valence-corrected chi connectivity index (χ0v) is 17.0. The Balaban J connectivity index is 2.57. The van der Waals surface area contributed by atoms with E-state index in [9.17, 15) is 9.90 Å². The van der Waals surface area contributed by atoms with Gasteiger partial charge in [-0.1, -0.05) is 0 Å². The van der Waals surface area contributed by atoms with Gasteiger partial charge in [-0.3, -0.25) is 10.1 Å². The van der Waals surface area contributed by atoms with Gasteiger partial charge in [-0.2, -0.15) is 0 Å². The zero-order valence-electron chi connectivity index (χ0n) is 10.5. The summed E-state index contributed by atoms with van der Waals surface area (Å²) >= 11 is 6.65. The molecule has 0 aliphatic heterocycles. The third-order valence-electron chi connectivity index (χ3n) is 2.68. The lowest BCUT2D eigenvalue weighted by atomic mass is 10.2. The number of nitrogens with one attached hydrogen (secondary N) is 1. The minimum atomic E-state index is -0.841. The molecule has 0 heterocycles. The summed E-state index contributed by atoms with van der Waals surface area (Å²) in [5.74, 6) is -0.841. The monoisotopic (exact) mass is 616 g/mol. The predicted molar refractivity (Wildman–Crippen MR) is 103 cm³/mol. The summed E-state index contributed by atoms with van der Waals surface area (Å²) in [4.78, 5) is 10.4. The SMILES string of the molecule is Nc1c(I)cc(I)c(CNC(O)CCCC(=O)O)c1I. The summed E-state index contributed by atoms with van der Waals surface area (Å²) in [6, 6.07) is 2.01. The van der Waals surface area contributed by atoms with E-state index < -0.39 is 12.2 Å². The Morgan fingerprint density at radius 2 is 2.00 bits per heavy atom. The Hall–Kier alpha value is 0.600. The van der Waals surface area contributed by atoms with Crippen molar-refractivity contribution >= 4 is 79.4 Å². The van der Waals surface area contributed by atoms with Crippen molar-refractivity contribution in [3.63, 3.8) is 0 Å². The number of aliphatic hydroxyl groups is 1. The number of aliphatic hydroxyl groups excluding tert-OH is 1. The third kappa shape index (κ3) is 5.77. The van der Waals surface area contributed by atoms with Crippen LogP contribution >= 0.6 is 67.8 Å². The number of carbonyl (C=O) groups is 1. The van der Waals surface area contributed by atoms with Crippen molar-refractivity contribution in [3.05, 3.63) is 22.3 Å². The van der Waals surface area contributed by atoms with Crippen molar-refractivity contribution in [1.82, 2.24) is 5.32 Å². The first-order valence-corrected chi connectivity index (χ1v) is 9.11. The van der Waals surface area contributed by atoms with Gasteiger partial charge in [0.2, 0.25) is 0 Å². The lowest BCUT2D eigenvalue weighted by Crippen LogP contribution is -2.29. The second-order valence-corrected chi connectivity index (χ2v) is 7.63. The summed E-state index contributed by atoms with van der Waals surface area (Å²) in [7, 11) is 0. The van der Waals surface area contributed by atoms with Crippen molar-refractivity contribution in [1.29, 1.82) is 0 Å². The van der Waals surface area contributed by atoms with Crippen LogP contribution in [0, 0.1) is 10.7 Å². The second kappa shape index (κ2) is 8.90. The van der Waals surface area contributed by atoms with Gasteiger partial charge in [0.05, 0.1) is 5.69 Å². The maximum Gasteiger partial charge on any atom is 0.303 e. The van der Waals surface area contributed by atoms with Crippen LogP contribution in [-0.2, 0) is 11.3 Å². The molecule has 0 fully saturated rings. The largest absolute Gasteiger partial charge is 0.481 e. The lowest BCUT2D eigenvalue weighted by molar-refractivity contribution is -0.137. The minimum Gasteiger partial charge on any atom is -0.481 e. The van der Waals surface area contributed by atoms with Gasteiger partial charge < -0.3 is 15.9 Å². The van der Waals surface area contributed by atoms with Crippen LogP contribution in [0.4, 0.5) is 5.69 Å². The molecule has 8 heteroatoms. The van der Waals surface area contributed by atoms with E-state index >= 15 is 0 Å². The molecule has 0 saturated carbocycles. The highest BCUT2D eigenvalue weighted by Crippen LogP contribution is 2.29. The van der Waals surface area contributed by atoms with Crippen LogP contribution < -0.4 is 11.1 Å². The molecule has 0 aliphatic carbocycles. The first kappa shape index (κ1) is 18.6. The Morgan fingerprint density at radius 3 is 2.60 bits per heavy atom. The van der Waals surface area contributed by atoms with Gasteiger partial charge in [-0.25, -0.2) is 0 Å². The van der Waals surface area contributed by atoms with Crippen LogP contribution in [0.2, 0.25) is 0 Å². The van der Waals surface area contributed by atoms with Crippen LogP contribution in [0.5, 0.6) is 0 Å². The van der Waals surface area contributed by atoms with Crippen molar-refractivity contribution in [2.45, 2.75) is 32.0 Å². The molecule has 0 bridgehead atoms. The van der Waals surface area contributed by atoms with Crippen molar-refractivity contribution in [2.24, 2.45) is 0 Å². The number of carboxylic acid groups (broad SMARTS) is 1. The molecule has 1 atom stereocenters. The number of nitrogens with two attached hydrogens (primary N) is 1. The standard InChI is InChI=1S/C12H15I3N2O3/c13-7-4-8(14)12(16)11(15)6(7)5-17-9(18)2-1-3-10(19)20/h4,9,17-18H,1-3,5,16H2,(H,19,20). The van der Waals surface area contributed by atoms with Gasteiger partial charge in [0.15, 0.2) is 0 Å². The molecule has 5 nitrogen and oxygen atoms in total. The van der Waals surface area contributed by atoms with Crippen LogP contribution in [-0.4, -0.2) is 22.4 Å². The Morgan fingerprint density at radius 1 is 1.35 bits per heavy atom. The fourth-order valence-electron chi connectivity index (χ4n) is 1.58. The van der Waals surface area contributed by atoms with Gasteiger partial charge in [-0.05, 0) is 92.2 Å². The van der Waals surface area contributed by atoms with Crippen LogP contribution in [0.3, 0.4) is 0 Å². The van der Waals surface area contributed by atoms with Crippen LogP contribution in [0.25, 0.3) is 0 Å². The summed E-state index contributed by atoms with van der Waals surface area (Å²) in [5, 5.41) is 21.3. The molecular formula is C12H15I3N2O3. The van der Waals surface area contributed by atoms with E-state index in [1.165, 1.54) is 0 Å². The average Bonchev–Trinajstić information content (AvgIpc) is 2.35. The van der Waals surface area contributed by atoms with E-state index in [0.29, 0.717) is 19.4 Å². The smallest absolute Gasteiger partial charge is 0.303 e. The predicted octanol–water partition coefficient (Wildman–Crippen LogP) is 2.75. The van der Waals surface area contributed by atoms with Gasteiger partial charge in [0.25, 0.3) is 0 Å². The molecular weight excluding hydrogens is 601 g/mol. The number of halogens is 3. The third-order valence-corrected chi connectivity index (χ3v) is 5.77. The number of nitrogen functional groups attached to an aromatic ring is 1. The molecule has 0 aliphatic rings. The van der Waals surface area contributed by atoms with Crippen molar-refractivity contribution < 1.29 is 15.0 Å². The van der Waals surface area contributed by atoms with E-state index in [2.05, 4.69) is 73.1 Å². The van der Waals surface area contributed by atoms with Gasteiger partial charge in [0, 0.05) is 23.7 Å². The van der Waals surface area contributed by atoms with Gasteiger partial charge in [0.1, 0.15) is 6.23 Å². The summed E-state index contributed by atoms with van der Waals surface area (Å²) in [6.45, 7) is 0.506. The molecule has 5 N–H and O–H groups in total. The molecule has 0 aromatic heterocycles. The van der Waals surface area contributed by atoms with Gasteiger partial charge in [-0.15, -0.1) is 0 Å². The Kier molecular flexibility index (Phi) is 8.30. The quantitative estimate of drug-likeness (QED) is 0.215. The van der Waals surface area contributed by atoms with Crippen molar-refractivity contribution in [3.8, 4) is 0 Å². The van der Waals surface area contributed by atoms with E-state index in [1.54, 1.807) is 0 Å².